The highest BCUT2D eigenvalue weighted by atomic mass is 15.3. The summed E-state index contributed by atoms with van der Waals surface area (Å²) in [7, 11) is 2.23. The van der Waals surface area contributed by atoms with Crippen molar-refractivity contribution in [2.45, 2.75) is 71.4 Å². The lowest BCUT2D eigenvalue weighted by Gasteiger charge is -2.44. The maximum atomic E-state index is 3.43. The van der Waals surface area contributed by atoms with E-state index in [0.29, 0.717) is 0 Å². The largest absolute Gasteiger partial charge is 0.364 e. The zero-order valence-electron chi connectivity index (χ0n) is 19.8. The third kappa shape index (κ3) is 7.58. The Morgan fingerprint density at radius 1 is 0.862 bits per heavy atom. The minimum atomic E-state index is 0.222. The van der Waals surface area contributed by atoms with E-state index in [4.69, 9.17) is 0 Å². The summed E-state index contributed by atoms with van der Waals surface area (Å²) in [4.78, 5) is 7.64. The van der Waals surface area contributed by atoms with Gasteiger partial charge in [-0.2, -0.15) is 0 Å². The number of hydrogen-bond acceptors (Lipinski definition) is 4. The lowest BCUT2D eigenvalue weighted by molar-refractivity contribution is 0.0913. The standard InChI is InChI=1S/C12H18N2.C11H22N2.C2H6/c1-12(2)10-13-8-9-14(12)11-6-4-3-5-7-11;1-12-7-9-13(10-8-12)11-5-3-2-4-6-11;1-2/h3-7,13H,8-10H2,1-2H3;11H,2-10H2,1H3;1-2H3. The fraction of sp³-hybridized carbons (Fsp3) is 0.760. The van der Waals surface area contributed by atoms with Crippen LogP contribution in [0.2, 0.25) is 0 Å². The number of anilines is 1. The number of rotatable bonds is 2. The molecule has 0 bridgehead atoms. The van der Waals surface area contributed by atoms with E-state index in [9.17, 15) is 0 Å². The van der Waals surface area contributed by atoms with E-state index in [1.54, 1.807) is 0 Å². The Morgan fingerprint density at radius 2 is 1.48 bits per heavy atom. The van der Waals surface area contributed by atoms with Gasteiger partial charge in [0.1, 0.15) is 0 Å². The van der Waals surface area contributed by atoms with Crippen LogP contribution in [0, 0.1) is 0 Å². The van der Waals surface area contributed by atoms with Gasteiger partial charge < -0.3 is 15.1 Å². The van der Waals surface area contributed by atoms with Gasteiger partial charge in [0.05, 0.1) is 0 Å². The molecule has 0 atom stereocenters. The van der Waals surface area contributed by atoms with Gasteiger partial charge in [-0.05, 0) is 45.9 Å². The molecular formula is C25H46N4. The van der Waals surface area contributed by atoms with Crippen molar-refractivity contribution in [2.24, 2.45) is 0 Å². The molecule has 2 aliphatic heterocycles. The summed E-state index contributed by atoms with van der Waals surface area (Å²) in [6.45, 7) is 17.0. The second-order valence-electron chi connectivity index (χ2n) is 9.11. The fourth-order valence-corrected chi connectivity index (χ4v) is 4.70. The highest BCUT2D eigenvalue weighted by Gasteiger charge is 2.29. The van der Waals surface area contributed by atoms with Crippen LogP contribution in [0.25, 0.3) is 0 Å². The summed E-state index contributed by atoms with van der Waals surface area (Å²) in [6, 6.07) is 11.6. The van der Waals surface area contributed by atoms with Crippen LogP contribution in [0.5, 0.6) is 0 Å². The van der Waals surface area contributed by atoms with Crippen LogP contribution in [0.15, 0.2) is 30.3 Å². The summed E-state index contributed by atoms with van der Waals surface area (Å²) in [5.41, 5.74) is 1.55. The number of nitrogens with zero attached hydrogens (tertiary/aromatic N) is 3. The molecule has 1 saturated carbocycles. The van der Waals surface area contributed by atoms with Crippen LogP contribution in [0.1, 0.15) is 59.8 Å². The molecule has 0 radical (unpaired) electrons. The Hall–Kier alpha value is -1.10. The third-order valence-electron chi connectivity index (χ3n) is 6.50. The van der Waals surface area contributed by atoms with Gasteiger partial charge in [-0.3, -0.25) is 4.90 Å². The van der Waals surface area contributed by atoms with Crippen molar-refractivity contribution in [3.63, 3.8) is 0 Å². The molecule has 0 aromatic heterocycles. The predicted molar refractivity (Wildman–Crippen MR) is 128 cm³/mol. The molecule has 2 heterocycles. The zero-order valence-corrected chi connectivity index (χ0v) is 19.8. The number of benzene rings is 1. The molecule has 29 heavy (non-hydrogen) atoms. The van der Waals surface area contributed by atoms with E-state index >= 15 is 0 Å². The normalized spacial score (nSPS) is 23.4. The SMILES string of the molecule is CC.CC1(C)CNCCN1c1ccccc1.CN1CCN(C2CCCCC2)CC1. The Kier molecular flexibility index (Phi) is 10.5. The Balaban J connectivity index is 0.000000191. The third-order valence-corrected chi connectivity index (χ3v) is 6.50. The molecule has 166 valence electrons. The molecule has 3 fully saturated rings. The van der Waals surface area contributed by atoms with Crippen molar-refractivity contribution in [2.75, 3.05) is 57.8 Å². The highest BCUT2D eigenvalue weighted by Crippen LogP contribution is 2.25. The average Bonchev–Trinajstić information content (AvgIpc) is 2.77. The summed E-state index contributed by atoms with van der Waals surface area (Å²) < 4.78 is 0. The van der Waals surface area contributed by atoms with E-state index in [1.165, 1.54) is 64.0 Å². The van der Waals surface area contributed by atoms with Crippen molar-refractivity contribution < 1.29 is 0 Å². The van der Waals surface area contributed by atoms with Crippen LogP contribution >= 0.6 is 0 Å². The lowest BCUT2D eigenvalue weighted by Crippen LogP contribution is -2.58. The highest BCUT2D eigenvalue weighted by molar-refractivity contribution is 5.49. The van der Waals surface area contributed by atoms with E-state index in [1.807, 2.05) is 13.8 Å². The number of piperazine rings is 2. The van der Waals surface area contributed by atoms with Crippen molar-refractivity contribution in [1.29, 1.82) is 0 Å². The number of hydrogen-bond donors (Lipinski definition) is 1. The maximum absolute atomic E-state index is 3.43. The average molecular weight is 403 g/mol. The van der Waals surface area contributed by atoms with E-state index in [2.05, 4.69) is 71.2 Å². The maximum Gasteiger partial charge on any atom is 0.0470 e. The first-order valence-corrected chi connectivity index (χ1v) is 12.0. The molecule has 4 rings (SSSR count). The Morgan fingerprint density at radius 3 is 2.07 bits per heavy atom. The lowest BCUT2D eigenvalue weighted by atomic mass is 9.94. The fourth-order valence-electron chi connectivity index (χ4n) is 4.70. The van der Waals surface area contributed by atoms with Crippen LogP contribution < -0.4 is 10.2 Å². The first-order valence-electron chi connectivity index (χ1n) is 12.0. The second-order valence-corrected chi connectivity index (χ2v) is 9.11. The van der Waals surface area contributed by atoms with Gasteiger partial charge in [-0.15, -0.1) is 0 Å². The topological polar surface area (TPSA) is 21.8 Å². The summed E-state index contributed by atoms with van der Waals surface area (Å²) >= 11 is 0. The Bertz CT molecular complexity index is 531. The molecule has 0 amide bonds. The summed E-state index contributed by atoms with van der Waals surface area (Å²) in [5, 5.41) is 3.43. The molecular weight excluding hydrogens is 356 g/mol. The molecule has 0 spiro atoms. The molecule has 0 unspecified atom stereocenters. The quantitative estimate of drug-likeness (QED) is 0.788. The molecule has 1 N–H and O–H groups in total. The van der Waals surface area contributed by atoms with Gasteiger partial charge in [0.2, 0.25) is 0 Å². The van der Waals surface area contributed by atoms with Crippen LogP contribution in [0.3, 0.4) is 0 Å². The molecule has 1 aromatic carbocycles. The minimum Gasteiger partial charge on any atom is -0.364 e. The molecule has 1 aromatic rings. The van der Waals surface area contributed by atoms with Crippen LogP contribution in [-0.2, 0) is 0 Å². The summed E-state index contributed by atoms with van der Waals surface area (Å²) in [5.74, 6) is 0. The van der Waals surface area contributed by atoms with Gasteiger partial charge in [0, 0.05) is 63.1 Å². The first kappa shape index (κ1) is 24.2. The smallest absolute Gasteiger partial charge is 0.0470 e. The molecule has 1 aliphatic carbocycles. The second kappa shape index (κ2) is 12.6. The minimum absolute atomic E-state index is 0.222. The summed E-state index contributed by atoms with van der Waals surface area (Å²) in [6.07, 6.45) is 7.34. The first-order chi connectivity index (χ1) is 14.1. The van der Waals surface area contributed by atoms with Crippen molar-refractivity contribution in [1.82, 2.24) is 15.1 Å². The van der Waals surface area contributed by atoms with Crippen molar-refractivity contribution >= 4 is 5.69 Å². The number of likely N-dealkylation sites (N-methyl/N-ethyl adjacent to an activating group) is 1. The van der Waals surface area contributed by atoms with Gasteiger partial charge in [0.25, 0.3) is 0 Å². The van der Waals surface area contributed by atoms with Crippen molar-refractivity contribution in [3.8, 4) is 0 Å². The van der Waals surface area contributed by atoms with Crippen molar-refractivity contribution in [3.05, 3.63) is 30.3 Å². The van der Waals surface area contributed by atoms with Gasteiger partial charge in [0.15, 0.2) is 0 Å². The van der Waals surface area contributed by atoms with E-state index < -0.39 is 0 Å². The molecule has 4 heteroatoms. The van der Waals surface area contributed by atoms with E-state index in [0.717, 1.165) is 25.7 Å². The monoisotopic (exact) mass is 402 g/mol. The molecule has 4 nitrogen and oxygen atoms in total. The van der Waals surface area contributed by atoms with Crippen LogP contribution in [-0.4, -0.2) is 74.2 Å². The molecule has 2 saturated heterocycles. The zero-order chi connectivity index (χ0) is 21.1. The van der Waals surface area contributed by atoms with Gasteiger partial charge in [-0.1, -0.05) is 51.3 Å². The van der Waals surface area contributed by atoms with Crippen LogP contribution in [0.4, 0.5) is 5.69 Å². The predicted octanol–water partition coefficient (Wildman–Crippen LogP) is 4.47. The van der Waals surface area contributed by atoms with Gasteiger partial charge >= 0.3 is 0 Å². The molecule has 3 aliphatic rings. The van der Waals surface area contributed by atoms with E-state index in [-0.39, 0.29) is 5.54 Å². The number of nitrogens with one attached hydrogen (secondary N) is 1. The number of para-hydroxylation sites is 1. The van der Waals surface area contributed by atoms with Gasteiger partial charge in [-0.25, -0.2) is 0 Å². The Labute approximate surface area is 180 Å².